The molecule has 3 rings (SSSR count). The number of anilines is 1. The van der Waals surface area contributed by atoms with Gasteiger partial charge < -0.3 is 15.2 Å². The molecule has 2 aromatic rings. The number of nitrogens with two attached hydrogens (primary N) is 1. The Morgan fingerprint density at radius 2 is 2.33 bits per heavy atom. The van der Waals surface area contributed by atoms with Gasteiger partial charge in [-0.25, -0.2) is 0 Å². The standard InChI is InChI=1S/C13H16N4O/c1-9-3-2-4-10-5-6-17(13(9)10)8-11-15-12(7-14)18-16-11/h2-4H,5-8,14H2,1H3. The van der Waals surface area contributed by atoms with Crippen molar-refractivity contribution < 1.29 is 4.52 Å². The maximum absolute atomic E-state index is 5.46. The number of nitrogens with zero attached hydrogens (tertiary/aromatic N) is 3. The number of para-hydroxylation sites is 1. The molecular weight excluding hydrogens is 228 g/mol. The fraction of sp³-hybridized carbons (Fsp3) is 0.385. The monoisotopic (exact) mass is 244 g/mol. The van der Waals surface area contributed by atoms with E-state index in [1.807, 2.05) is 0 Å². The fourth-order valence-corrected chi connectivity index (χ4v) is 2.51. The summed E-state index contributed by atoms with van der Waals surface area (Å²) in [4.78, 5) is 6.55. The number of aromatic nitrogens is 2. The van der Waals surface area contributed by atoms with Gasteiger partial charge in [-0.3, -0.25) is 0 Å². The average Bonchev–Trinajstić information content (AvgIpc) is 2.98. The Morgan fingerprint density at radius 3 is 3.11 bits per heavy atom. The molecule has 0 spiro atoms. The van der Waals surface area contributed by atoms with Gasteiger partial charge in [0.2, 0.25) is 5.89 Å². The van der Waals surface area contributed by atoms with E-state index in [1.54, 1.807) is 0 Å². The molecular formula is C13H16N4O. The highest BCUT2D eigenvalue weighted by Gasteiger charge is 2.22. The second kappa shape index (κ2) is 4.42. The zero-order chi connectivity index (χ0) is 12.5. The van der Waals surface area contributed by atoms with Crippen LogP contribution in [0.15, 0.2) is 22.7 Å². The number of rotatable bonds is 3. The van der Waals surface area contributed by atoms with Gasteiger partial charge in [0.1, 0.15) is 0 Å². The van der Waals surface area contributed by atoms with Gasteiger partial charge in [-0.2, -0.15) is 4.98 Å². The molecule has 1 aromatic carbocycles. The Bertz CT molecular complexity index is 564. The summed E-state index contributed by atoms with van der Waals surface area (Å²) in [5.41, 5.74) is 9.48. The van der Waals surface area contributed by atoms with Crippen molar-refractivity contribution in [2.75, 3.05) is 11.4 Å². The van der Waals surface area contributed by atoms with Gasteiger partial charge in [0, 0.05) is 12.2 Å². The molecule has 1 aromatic heterocycles. The average molecular weight is 244 g/mol. The number of benzene rings is 1. The molecule has 94 valence electrons. The smallest absolute Gasteiger partial charge is 0.240 e. The van der Waals surface area contributed by atoms with E-state index in [0.29, 0.717) is 24.8 Å². The largest absolute Gasteiger partial charge is 0.363 e. The lowest BCUT2D eigenvalue weighted by atomic mass is 10.1. The van der Waals surface area contributed by atoms with Crippen LogP contribution < -0.4 is 10.6 Å². The second-order valence-electron chi connectivity index (χ2n) is 4.56. The van der Waals surface area contributed by atoms with Crippen molar-refractivity contribution in [3.05, 3.63) is 41.0 Å². The van der Waals surface area contributed by atoms with Crippen LogP contribution in [-0.4, -0.2) is 16.7 Å². The third kappa shape index (κ3) is 1.86. The predicted molar refractivity (Wildman–Crippen MR) is 68.1 cm³/mol. The Hall–Kier alpha value is -1.88. The van der Waals surface area contributed by atoms with Crippen LogP contribution in [0.5, 0.6) is 0 Å². The summed E-state index contributed by atoms with van der Waals surface area (Å²) < 4.78 is 5.03. The molecule has 0 aliphatic carbocycles. The highest BCUT2D eigenvalue weighted by atomic mass is 16.5. The Balaban J connectivity index is 1.84. The molecule has 2 N–H and O–H groups in total. The number of hydrogen-bond acceptors (Lipinski definition) is 5. The van der Waals surface area contributed by atoms with E-state index in [2.05, 4.69) is 40.2 Å². The van der Waals surface area contributed by atoms with Crippen LogP contribution in [0.1, 0.15) is 22.8 Å². The molecule has 2 heterocycles. The molecule has 0 amide bonds. The molecule has 0 saturated carbocycles. The van der Waals surface area contributed by atoms with Gasteiger partial charge in [-0.05, 0) is 24.5 Å². The zero-order valence-corrected chi connectivity index (χ0v) is 10.4. The van der Waals surface area contributed by atoms with E-state index in [4.69, 9.17) is 10.3 Å². The molecule has 5 heteroatoms. The van der Waals surface area contributed by atoms with Crippen LogP contribution >= 0.6 is 0 Å². The maximum Gasteiger partial charge on any atom is 0.240 e. The molecule has 0 atom stereocenters. The van der Waals surface area contributed by atoms with E-state index in [9.17, 15) is 0 Å². The number of fused-ring (bicyclic) bond motifs is 1. The minimum absolute atomic E-state index is 0.294. The summed E-state index contributed by atoms with van der Waals surface area (Å²) in [5, 5.41) is 3.95. The van der Waals surface area contributed by atoms with E-state index >= 15 is 0 Å². The molecule has 0 saturated heterocycles. The first kappa shape index (κ1) is 11.2. The van der Waals surface area contributed by atoms with E-state index in [-0.39, 0.29) is 0 Å². The van der Waals surface area contributed by atoms with Crippen molar-refractivity contribution in [2.24, 2.45) is 5.73 Å². The van der Waals surface area contributed by atoms with Gasteiger partial charge in [-0.15, -0.1) is 0 Å². The highest BCUT2D eigenvalue weighted by molar-refractivity contribution is 5.62. The van der Waals surface area contributed by atoms with Crippen LogP contribution in [0.25, 0.3) is 0 Å². The first-order valence-corrected chi connectivity index (χ1v) is 6.13. The van der Waals surface area contributed by atoms with Crippen molar-refractivity contribution in [2.45, 2.75) is 26.4 Å². The molecule has 18 heavy (non-hydrogen) atoms. The van der Waals surface area contributed by atoms with Gasteiger partial charge in [0.25, 0.3) is 0 Å². The van der Waals surface area contributed by atoms with Crippen molar-refractivity contribution >= 4 is 5.69 Å². The van der Waals surface area contributed by atoms with E-state index in [0.717, 1.165) is 13.0 Å². The Morgan fingerprint density at radius 1 is 1.44 bits per heavy atom. The molecule has 1 aliphatic rings. The van der Waals surface area contributed by atoms with Crippen LogP contribution in [0.3, 0.4) is 0 Å². The summed E-state index contributed by atoms with van der Waals surface area (Å²) in [6, 6.07) is 6.43. The fourth-order valence-electron chi connectivity index (χ4n) is 2.51. The number of hydrogen-bond donors (Lipinski definition) is 1. The quantitative estimate of drug-likeness (QED) is 0.883. The summed E-state index contributed by atoms with van der Waals surface area (Å²) >= 11 is 0. The van der Waals surface area contributed by atoms with Crippen molar-refractivity contribution in [3.8, 4) is 0 Å². The lowest BCUT2D eigenvalue weighted by molar-refractivity contribution is 0.374. The molecule has 5 nitrogen and oxygen atoms in total. The summed E-state index contributed by atoms with van der Waals surface area (Å²) in [7, 11) is 0. The lowest BCUT2D eigenvalue weighted by Gasteiger charge is -2.19. The van der Waals surface area contributed by atoms with Gasteiger partial charge in [-0.1, -0.05) is 23.4 Å². The van der Waals surface area contributed by atoms with Gasteiger partial charge >= 0.3 is 0 Å². The van der Waals surface area contributed by atoms with Gasteiger partial charge in [0.15, 0.2) is 5.82 Å². The Labute approximate surface area is 106 Å². The summed E-state index contributed by atoms with van der Waals surface area (Å²) in [5.74, 6) is 1.20. The normalized spacial score (nSPS) is 14.0. The zero-order valence-electron chi connectivity index (χ0n) is 10.4. The minimum Gasteiger partial charge on any atom is -0.363 e. The van der Waals surface area contributed by atoms with Crippen molar-refractivity contribution in [3.63, 3.8) is 0 Å². The molecule has 0 radical (unpaired) electrons. The third-order valence-corrected chi connectivity index (χ3v) is 3.31. The number of aryl methyl sites for hydroxylation is 1. The van der Waals surface area contributed by atoms with E-state index in [1.165, 1.54) is 16.8 Å². The SMILES string of the molecule is Cc1cccc2c1N(Cc1noc(CN)n1)CC2. The molecule has 1 aliphatic heterocycles. The third-order valence-electron chi connectivity index (χ3n) is 3.31. The van der Waals surface area contributed by atoms with Crippen LogP contribution in [0.4, 0.5) is 5.69 Å². The Kier molecular flexibility index (Phi) is 2.76. The first-order chi connectivity index (χ1) is 8.78. The highest BCUT2D eigenvalue weighted by Crippen LogP contribution is 2.31. The van der Waals surface area contributed by atoms with Crippen LogP contribution in [-0.2, 0) is 19.5 Å². The van der Waals surface area contributed by atoms with Crippen LogP contribution in [0, 0.1) is 6.92 Å². The molecule has 0 bridgehead atoms. The second-order valence-corrected chi connectivity index (χ2v) is 4.56. The summed E-state index contributed by atoms with van der Waals surface area (Å²) in [6.07, 6.45) is 1.08. The van der Waals surface area contributed by atoms with Gasteiger partial charge in [0.05, 0.1) is 13.1 Å². The minimum atomic E-state index is 0.294. The summed E-state index contributed by atoms with van der Waals surface area (Å²) in [6.45, 7) is 4.12. The molecule has 0 unspecified atom stereocenters. The van der Waals surface area contributed by atoms with Crippen molar-refractivity contribution in [1.82, 2.24) is 10.1 Å². The van der Waals surface area contributed by atoms with Crippen LogP contribution in [0.2, 0.25) is 0 Å². The molecule has 0 fully saturated rings. The predicted octanol–water partition coefficient (Wildman–Crippen LogP) is 1.40. The topological polar surface area (TPSA) is 68.2 Å². The van der Waals surface area contributed by atoms with Crippen molar-refractivity contribution in [1.29, 1.82) is 0 Å². The first-order valence-electron chi connectivity index (χ1n) is 6.13. The lowest BCUT2D eigenvalue weighted by Crippen LogP contribution is -2.21. The van der Waals surface area contributed by atoms with E-state index < -0.39 is 0 Å². The maximum atomic E-state index is 5.46.